The van der Waals surface area contributed by atoms with E-state index in [0.29, 0.717) is 22.2 Å². The summed E-state index contributed by atoms with van der Waals surface area (Å²) in [5, 5.41) is 4.93. The Hall–Kier alpha value is -1.34. The highest BCUT2D eigenvalue weighted by Crippen LogP contribution is 2.26. The van der Waals surface area contributed by atoms with Crippen molar-refractivity contribution >= 4 is 34.0 Å². The second-order valence-electron chi connectivity index (χ2n) is 7.80. The van der Waals surface area contributed by atoms with Crippen molar-refractivity contribution in [3.05, 3.63) is 33.7 Å². The zero-order valence-electron chi connectivity index (χ0n) is 14.9. The minimum atomic E-state index is -0.233. The zero-order valence-corrected chi connectivity index (χ0v) is 16.5. The van der Waals surface area contributed by atoms with Crippen LogP contribution in [0.5, 0.6) is 0 Å². The number of aromatic nitrogens is 2. The van der Waals surface area contributed by atoms with Crippen LogP contribution in [0.2, 0.25) is 0 Å². The van der Waals surface area contributed by atoms with Gasteiger partial charge in [0, 0.05) is 28.9 Å². The molecule has 5 nitrogen and oxygen atoms in total. The summed E-state index contributed by atoms with van der Waals surface area (Å²) in [7, 11) is 0. The largest absolute Gasteiger partial charge is 0.350 e. The number of thioether (sulfide) groups is 1. The fourth-order valence-electron chi connectivity index (χ4n) is 2.99. The number of thiazole rings is 1. The van der Waals surface area contributed by atoms with E-state index in [1.54, 1.807) is 6.20 Å². The number of fused-ring (bicyclic) bond motifs is 1. The Kier molecular flexibility index (Phi) is 5.75. The van der Waals surface area contributed by atoms with Gasteiger partial charge in [0.25, 0.3) is 5.56 Å². The Labute approximate surface area is 150 Å². The van der Waals surface area contributed by atoms with Gasteiger partial charge in [-0.1, -0.05) is 20.8 Å². The lowest BCUT2D eigenvalue weighted by Gasteiger charge is -2.33. The molecule has 0 aliphatic heterocycles. The van der Waals surface area contributed by atoms with Crippen LogP contribution in [0.4, 0.5) is 0 Å². The molecule has 0 bridgehead atoms. The number of rotatable bonds is 6. The van der Waals surface area contributed by atoms with E-state index < -0.39 is 0 Å². The number of amides is 1. The predicted octanol–water partition coefficient (Wildman–Crippen LogP) is 3.32. The monoisotopic (exact) mass is 367 g/mol. The van der Waals surface area contributed by atoms with Gasteiger partial charge < -0.3 is 5.32 Å². The molecular weight excluding hydrogens is 342 g/mol. The van der Waals surface area contributed by atoms with Crippen LogP contribution >= 0.6 is 23.1 Å². The second-order valence-corrected chi connectivity index (χ2v) is 9.66. The fourth-order valence-corrected chi connectivity index (χ4v) is 4.45. The van der Waals surface area contributed by atoms with Crippen molar-refractivity contribution in [2.24, 2.45) is 5.41 Å². The first-order chi connectivity index (χ1) is 11.1. The number of hydrogen-bond acceptors (Lipinski definition) is 5. The van der Waals surface area contributed by atoms with E-state index in [0.717, 1.165) is 6.42 Å². The molecule has 1 N–H and O–H groups in total. The van der Waals surface area contributed by atoms with Crippen molar-refractivity contribution in [2.75, 3.05) is 5.75 Å². The third-order valence-electron chi connectivity index (χ3n) is 3.29. The van der Waals surface area contributed by atoms with Gasteiger partial charge in [-0.05, 0) is 25.7 Å². The molecule has 0 unspecified atom stereocenters. The molecule has 1 amide bonds. The molecule has 2 rings (SSSR count). The van der Waals surface area contributed by atoms with Crippen LogP contribution in [0, 0.1) is 5.41 Å². The summed E-state index contributed by atoms with van der Waals surface area (Å²) in [6.45, 7) is 10.6. The molecular formula is C17H25N3O2S2. The fraction of sp³-hybridized carbons (Fsp3) is 0.588. The van der Waals surface area contributed by atoms with Crippen LogP contribution in [-0.2, 0) is 10.5 Å². The average Bonchev–Trinajstić information content (AvgIpc) is 2.83. The number of hydrogen-bond donors (Lipinski definition) is 1. The number of nitrogens with zero attached hydrogens (tertiary/aromatic N) is 2. The van der Waals surface area contributed by atoms with Gasteiger partial charge in [0.05, 0.1) is 11.4 Å². The van der Waals surface area contributed by atoms with E-state index in [4.69, 9.17) is 0 Å². The highest BCUT2D eigenvalue weighted by atomic mass is 32.2. The van der Waals surface area contributed by atoms with E-state index in [2.05, 4.69) is 31.1 Å². The van der Waals surface area contributed by atoms with Crippen molar-refractivity contribution in [1.82, 2.24) is 14.7 Å². The molecule has 0 saturated heterocycles. The van der Waals surface area contributed by atoms with Gasteiger partial charge in [-0.15, -0.1) is 23.1 Å². The zero-order chi connectivity index (χ0) is 18.0. The maximum Gasteiger partial charge on any atom is 0.258 e. The Bertz CT molecular complexity index is 772. The Morgan fingerprint density at radius 3 is 2.71 bits per heavy atom. The van der Waals surface area contributed by atoms with Gasteiger partial charge in [0.15, 0.2) is 4.96 Å². The summed E-state index contributed by atoms with van der Waals surface area (Å²) in [5.41, 5.74) is 0.566. The predicted molar refractivity (Wildman–Crippen MR) is 102 cm³/mol. The van der Waals surface area contributed by atoms with Crippen molar-refractivity contribution in [2.45, 2.75) is 52.3 Å². The standard InChI is InChI=1S/C17H25N3O2S2/c1-16(2,3)11-17(4,5)19-13(21)10-23-9-12-8-14(22)20-6-7-24-15(20)18-12/h6-8H,9-11H2,1-5H3,(H,19,21). The van der Waals surface area contributed by atoms with Crippen LogP contribution in [0.1, 0.15) is 46.7 Å². The molecule has 0 spiro atoms. The van der Waals surface area contributed by atoms with Gasteiger partial charge in [-0.25, -0.2) is 4.98 Å². The lowest BCUT2D eigenvalue weighted by atomic mass is 9.82. The van der Waals surface area contributed by atoms with Gasteiger partial charge in [0.1, 0.15) is 0 Å². The molecule has 0 aromatic carbocycles. The maximum atomic E-state index is 12.2. The molecule has 0 saturated carbocycles. The van der Waals surface area contributed by atoms with Crippen LogP contribution < -0.4 is 10.9 Å². The molecule has 2 aromatic heterocycles. The Morgan fingerprint density at radius 1 is 1.33 bits per heavy atom. The molecule has 2 aromatic rings. The lowest BCUT2D eigenvalue weighted by Crippen LogP contribution is -2.46. The first-order valence-corrected chi connectivity index (χ1v) is 9.94. The Balaban J connectivity index is 1.86. The smallest absolute Gasteiger partial charge is 0.258 e. The molecule has 0 aliphatic rings. The van der Waals surface area contributed by atoms with Crippen molar-refractivity contribution < 1.29 is 4.79 Å². The summed E-state index contributed by atoms with van der Waals surface area (Å²) in [5.74, 6) is 0.929. The van der Waals surface area contributed by atoms with E-state index in [1.165, 1.54) is 33.6 Å². The van der Waals surface area contributed by atoms with Crippen molar-refractivity contribution in [1.29, 1.82) is 0 Å². The minimum absolute atomic E-state index is 0.0168. The van der Waals surface area contributed by atoms with Crippen LogP contribution in [-0.4, -0.2) is 26.6 Å². The van der Waals surface area contributed by atoms with Gasteiger partial charge in [-0.3, -0.25) is 14.0 Å². The molecule has 132 valence electrons. The first kappa shape index (κ1) is 19.0. The third kappa shape index (κ3) is 5.63. The summed E-state index contributed by atoms with van der Waals surface area (Å²) in [4.78, 5) is 29.2. The summed E-state index contributed by atoms with van der Waals surface area (Å²) < 4.78 is 1.53. The summed E-state index contributed by atoms with van der Waals surface area (Å²) in [6.07, 6.45) is 2.63. The lowest BCUT2D eigenvalue weighted by molar-refractivity contribution is -0.120. The van der Waals surface area contributed by atoms with Crippen molar-refractivity contribution in [3.8, 4) is 0 Å². The van der Waals surface area contributed by atoms with Crippen molar-refractivity contribution in [3.63, 3.8) is 0 Å². The normalized spacial score (nSPS) is 12.5. The summed E-state index contributed by atoms with van der Waals surface area (Å²) in [6, 6.07) is 1.54. The van der Waals surface area contributed by atoms with E-state index in [9.17, 15) is 9.59 Å². The quantitative estimate of drug-likeness (QED) is 0.851. The molecule has 0 aliphatic carbocycles. The van der Waals surface area contributed by atoms with Crippen LogP contribution in [0.3, 0.4) is 0 Å². The highest BCUT2D eigenvalue weighted by molar-refractivity contribution is 7.99. The van der Waals surface area contributed by atoms with E-state index in [-0.39, 0.29) is 22.4 Å². The number of nitrogens with one attached hydrogen (secondary N) is 1. The van der Waals surface area contributed by atoms with Crippen LogP contribution in [0.25, 0.3) is 4.96 Å². The van der Waals surface area contributed by atoms with Gasteiger partial charge in [0.2, 0.25) is 5.91 Å². The average molecular weight is 368 g/mol. The topological polar surface area (TPSA) is 63.5 Å². The highest BCUT2D eigenvalue weighted by Gasteiger charge is 2.26. The summed E-state index contributed by atoms with van der Waals surface area (Å²) >= 11 is 2.91. The maximum absolute atomic E-state index is 12.2. The SMILES string of the molecule is CC(C)(C)CC(C)(C)NC(=O)CSCc1cc(=O)n2ccsc2n1. The second kappa shape index (κ2) is 7.27. The number of carbonyl (C=O) groups excluding carboxylic acids is 1. The van der Waals surface area contributed by atoms with Gasteiger partial charge in [-0.2, -0.15) is 0 Å². The molecule has 0 radical (unpaired) electrons. The van der Waals surface area contributed by atoms with Crippen LogP contribution in [0.15, 0.2) is 22.4 Å². The van der Waals surface area contributed by atoms with E-state index in [1.807, 2.05) is 19.2 Å². The Morgan fingerprint density at radius 2 is 2.04 bits per heavy atom. The molecule has 24 heavy (non-hydrogen) atoms. The van der Waals surface area contributed by atoms with Gasteiger partial charge >= 0.3 is 0 Å². The minimum Gasteiger partial charge on any atom is -0.350 e. The van der Waals surface area contributed by atoms with E-state index >= 15 is 0 Å². The third-order valence-corrected chi connectivity index (χ3v) is 5.01. The molecule has 0 fully saturated rings. The molecule has 7 heteroatoms. The first-order valence-electron chi connectivity index (χ1n) is 7.90. The number of carbonyl (C=O) groups is 1. The molecule has 0 atom stereocenters. The molecule has 2 heterocycles.